The van der Waals surface area contributed by atoms with E-state index in [9.17, 15) is 4.79 Å². The van der Waals surface area contributed by atoms with Gasteiger partial charge < -0.3 is 9.88 Å². The van der Waals surface area contributed by atoms with Crippen LogP contribution in [0.15, 0.2) is 65.7 Å². The molecule has 1 aromatic heterocycles. The van der Waals surface area contributed by atoms with Gasteiger partial charge in [-0.1, -0.05) is 72.3 Å². The lowest BCUT2D eigenvalue weighted by Crippen LogP contribution is -2.30. The van der Waals surface area contributed by atoms with E-state index in [1.54, 1.807) is 0 Å². The third-order valence-corrected chi connectivity index (χ3v) is 6.12. The van der Waals surface area contributed by atoms with Crippen molar-refractivity contribution in [1.82, 2.24) is 25.0 Å². The summed E-state index contributed by atoms with van der Waals surface area (Å²) in [5, 5.41) is 12.7. The summed E-state index contributed by atoms with van der Waals surface area (Å²) in [6.45, 7) is 5.17. The zero-order valence-electron chi connectivity index (χ0n) is 19.0. The Balaban J connectivity index is 1.32. The highest BCUT2D eigenvalue weighted by Gasteiger charge is 2.23. The molecule has 2 heterocycles. The molecule has 3 aromatic rings. The summed E-state index contributed by atoms with van der Waals surface area (Å²) < 4.78 is 2.15. The Morgan fingerprint density at radius 3 is 2.55 bits per heavy atom. The Bertz CT molecular complexity index is 1080. The summed E-state index contributed by atoms with van der Waals surface area (Å²) in [6.07, 6.45) is 4.00. The van der Waals surface area contributed by atoms with Gasteiger partial charge in [-0.2, -0.15) is 0 Å². The molecule has 1 aliphatic rings. The van der Waals surface area contributed by atoms with Crippen LogP contribution in [0.4, 0.5) is 0 Å². The SMILES string of the molecule is CC(NC(=O)CCc1ccccc1)c1nnc2n1CCN(CC(Cl)=Cc1ccccc1)CC2. The van der Waals surface area contributed by atoms with Crippen molar-refractivity contribution in [2.24, 2.45) is 0 Å². The number of benzene rings is 2. The third-order valence-electron chi connectivity index (χ3n) is 5.89. The molecule has 2 aromatic carbocycles. The zero-order valence-corrected chi connectivity index (χ0v) is 19.7. The second kappa shape index (κ2) is 11.3. The van der Waals surface area contributed by atoms with Gasteiger partial charge in [-0.15, -0.1) is 10.2 Å². The number of hydrogen-bond acceptors (Lipinski definition) is 4. The van der Waals surface area contributed by atoms with Crippen molar-refractivity contribution < 1.29 is 4.79 Å². The highest BCUT2D eigenvalue weighted by Crippen LogP contribution is 2.18. The molecule has 0 saturated heterocycles. The number of carbonyl (C=O) groups is 1. The molecule has 0 saturated carbocycles. The number of nitrogens with zero attached hydrogens (tertiary/aromatic N) is 4. The van der Waals surface area contributed by atoms with E-state index < -0.39 is 0 Å². The molecule has 1 aliphatic heterocycles. The van der Waals surface area contributed by atoms with Gasteiger partial charge in [0.25, 0.3) is 0 Å². The molecule has 7 heteroatoms. The van der Waals surface area contributed by atoms with Crippen molar-refractivity contribution in [2.75, 3.05) is 19.6 Å². The van der Waals surface area contributed by atoms with Crippen LogP contribution in [0.2, 0.25) is 0 Å². The van der Waals surface area contributed by atoms with Crippen LogP contribution >= 0.6 is 11.6 Å². The molecule has 1 atom stereocenters. The first-order chi connectivity index (χ1) is 16.1. The largest absolute Gasteiger partial charge is 0.346 e. The zero-order chi connectivity index (χ0) is 23.0. The third kappa shape index (κ3) is 6.53. The van der Waals surface area contributed by atoms with Gasteiger partial charge in [0.2, 0.25) is 5.91 Å². The number of fused-ring (bicyclic) bond motifs is 1. The number of halogens is 1. The first-order valence-electron chi connectivity index (χ1n) is 11.5. The summed E-state index contributed by atoms with van der Waals surface area (Å²) in [4.78, 5) is 14.8. The van der Waals surface area contributed by atoms with Crippen LogP contribution in [-0.2, 0) is 24.2 Å². The van der Waals surface area contributed by atoms with Crippen LogP contribution in [0.5, 0.6) is 0 Å². The average molecular weight is 464 g/mol. The fourth-order valence-corrected chi connectivity index (χ4v) is 4.43. The molecule has 0 bridgehead atoms. The maximum absolute atomic E-state index is 12.5. The number of amides is 1. The van der Waals surface area contributed by atoms with Gasteiger partial charge in [-0.25, -0.2) is 0 Å². The summed E-state index contributed by atoms with van der Waals surface area (Å²) in [6, 6.07) is 20.0. The van der Waals surface area contributed by atoms with Crippen LogP contribution in [0, 0.1) is 0 Å². The monoisotopic (exact) mass is 463 g/mol. The van der Waals surface area contributed by atoms with Gasteiger partial charge in [-0.05, 0) is 30.5 Å². The second-order valence-electron chi connectivity index (χ2n) is 8.43. The molecule has 4 rings (SSSR count). The van der Waals surface area contributed by atoms with Gasteiger partial charge in [0.15, 0.2) is 5.82 Å². The minimum atomic E-state index is -0.192. The van der Waals surface area contributed by atoms with Gasteiger partial charge in [0, 0.05) is 44.1 Å². The van der Waals surface area contributed by atoms with E-state index in [-0.39, 0.29) is 11.9 Å². The summed E-state index contributed by atoms with van der Waals surface area (Å²) in [5.74, 6) is 1.80. The van der Waals surface area contributed by atoms with E-state index in [1.165, 1.54) is 0 Å². The predicted molar refractivity (Wildman–Crippen MR) is 132 cm³/mol. The maximum Gasteiger partial charge on any atom is 0.220 e. The molecule has 0 aliphatic carbocycles. The van der Waals surface area contributed by atoms with Crippen LogP contribution < -0.4 is 5.32 Å². The molecular formula is C26H30ClN5O. The van der Waals surface area contributed by atoms with Crippen molar-refractivity contribution in [2.45, 2.75) is 38.8 Å². The maximum atomic E-state index is 12.5. The fraction of sp³-hybridized carbons (Fsp3) is 0.346. The first-order valence-corrected chi connectivity index (χ1v) is 11.8. The molecule has 1 unspecified atom stereocenters. The lowest BCUT2D eigenvalue weighted by molar-refractivity contribution is -0.121. The van der Waals surface area contributed by atoms with Crippen LogP contribution in [-0.4, -0.2) is 45.2 Å². The number of aryl methyl sites for hydroxylation is 1. The Labute approximate surface area is 200 Å². The van der Waals surface area contributed by atoms with Crippen LogP contribution in [0.1, 0.15) is 42.2 Å². The van der Waals surface area contributed by atoms with Gasteiger partial charge >= 0.3 is 0 Å². The van der Waals surface area contributed by atoms with Crippen molar-refractivity contribution in [3.05, 3.63) is 88.5 Å². The minimum absolute atomic E-state index is 0.0248. The molecule has 6 nitrogen and oxygen atoms in total. The molecule has 172 valence electrons. The highest BCUT2D eigenvalue weighted by molar-refractivity contribution is 6.31. The fourth-order valence-electron chi connectivity index (χ4n) is 4.14. The van der Waals surface area contributed by atoms with Gasteiger partial charge in [0.1, 0.15) is 5.82 Å². The predicted octanol–water partition coefficient (Wildman–Crippen LogP) is 4.23. The van der Waals surface area contributed by atoms with Gasteiger partial charge in [0.05, 0.1) is 6.04 Å². The normalized spacial score (nSPS) is 15.5. The first kappa shape index (κ1) is 23.2. The summed E-state index contributed by atoms with van der Waals surface area (Å²) in [5.41, 5.74) is 2.27. The van der Waals surface area contributed by atoms with Crippen LogP contribution in [0.3, 0.4) is 0 Å². The lowest BCUT2D eigenvalue weighted by atomic mass is 10.1. The molecule has 1 amide bonds. The molecule has 33 heavy (non-hydrogen) atoms. The Hall–Kier alpha value is -2.96. The van der Waals surface area contributed by atoms with E-state index in [1.807, 2.05) is 73.7 Å². The Morgan fingerprint density at radius 1 is 1.06 bits per heavy atom. The molecule has 0 spiro atoms. The number of nitrogens with one attached hydrogen (secondary N) is 1. The van der Waals surface area contributed by atoms with E-state index >= 15 is 0 Å². The quantitative estimate of drug-likeness (QED) is 0.543. The molecule has 0 fully saturated rings. The topological polar surface area (TPSA) is 63.1 Å². The van der Waals surface area contributed by atoms with Gasteiger partial charge in [-0.3, -0.25) is 9.69 Å². The highest BCUT2D eigenvalue weighted by atomic mass is 35.5. The van der Waals surface area contributed by atoms with Crippen molar-refractivity contribution in [1.29, 1.82) is 0 Å². The standard InChI is InChI=1S/C26H30ClN5O/c1-20(28-25(33)13-12-21-8-4-2-5-9-21)26-30-29-24-14-15-31(16-17-32(24)26)19-23(27)18-22-10-6-3-7-11-22/h2-11,18,20H,12-17,19H2,1H3,(H,28,33). The molecular weight excluding hydrogens is 434 g/mol. The molecule has 1 N–H and O–H groups in total. The lowest BCUT2D eigenvalue weighted by Gasteiger charge is -2.20. The summed E-state index contributed by atoms with van der Waals surface area (Å²) >= 11 is 6.54. The van der Waals surface area contributed by atoms with Crippen molar-refractivity contribution in [3.8, 4) is 0 Å². The Morgan fingerprint density at radius 2 is 1.79 bits per heavy atom. The van der Waals surface area contributed by atoms with E-state index in [0.29, 0.717) is 13.0 Å². The van der Waals surface area contributed by atoms with Crippen molar-refractivity contribution >= 4 is 23.6 Å². The van der Waals surface area contributed by atoms with Crippen LogP contribution in [0.25, 0.3) is 6.08 Å². The summed E-state index contributed by atoms with van der Waals surface area (Å²) in [7, 11) is 0. The number of carbonyl (C=O) groups excluding carboxylic acids is 1. The van der Waals surface area contributed by atoms with E-state index in [4.69, 9.17) is 11.6 Å². The smallest absolute Gasteiger partial charge is 0.220 e. The number of rotatable bonds is 8. The number of hydrogen-bond donors (Lipinski definition) is 1. The minimum Gasteiger partial charge on any atom is -0.346 e. The van der Waals surface area contributed by atoms with E-state index in [2.05, 4.69) is 25.0 Å². The molecule has 0 radical (unpaired) electrons. The second-order valence-corrected chi connectivity index (χ2v) is 8.91. The van der Waals surface area contributed by atoms with E-state index in [0.717, 1.165) is 60.3 Å². The Kier molecular flexibility index (Phi) is 7.92. The average Bonchev–Trinajstić information content (AvgIpc) is 3.13. The van der Waals surface area contributed by atoms with Crippen molar-refractivity contribution in [3.63, 3.8) is 0 Å². The number of aromatic nitrogens is 3.